The number of piperazine rings is 1. The molecule has 232 valence electrons. The molecule has 1 aromatic carbocycles. The monoisotopic (exact) mass is 634 g/mol. The van der Waals surface area contributed by atoms with Crippen LogP contribution in [-0.2, 0) is 16.4 Å². The van der Waals surface area contributed by atoms with Crippen molar-refractivity contribution in [2.24, 2.45) is 5.92 Å². The number of hydrogen-bond acceptors (Lipinski definition) is 11. The Labute approximate surface area is 261 Å². The van der Waals surface area contributed by atoms with Crippen LogP contribution in [0.2, 0.25) is 0 Å². The summed E-state index contributed by atoms with van der Waals surface area (Å²) in [4.78, 5) is 29.8. The fourth-order valence-electron chi connectivity index (χ4n) is 5.37. The minimum atomic E-state index is -3.59. The third-order valence-electron chi connectivity index (χ3n) is 8.26. The highest BCUT2D eigenvalue weighted by Crippen LogP contribution is 2.40. The van der Waals surface area contributed by atoms with Gasteiger partial charge < -0.3 is 20.0 Å². The molecular formula is C31H38N8O3S2. The first-order valence-corrected chi connectivity index (χ1v) is 17.2. The molecular weight excluding hydrogens is 597 g/mol. The number of aromatic nitrogens is 4. The highest BCUT2D eigenvalue weighted by atomic mass is 32.2. The number of sulfone groups is 1. The Morgan fingerprint density at radius 2 is 1.84 bits per heavy atom. The van der Waals surface area contributed by atoms with Gasteiger partial charge in [0.05, 0.1) is 12.3 Å². The van der Waals surface area contributed by atoms with E-state index < -0.39 is 9.84 Å². The van der Waals surface area contributed by atoms with Gasteiger partial charge in [-0.15, -0.1) is 0 Å². The largest absolute Gasteiger partial charge is 0.369 e. The average Bonchev–Trinajstić information content (AvgIpc) is 3.75. The quantitative estimate of drug-likeness (QED) is 0.263. The molecule has 4 aromatic rings. The average molecular weight is 635 g/mol. The summed E-state index contributed by atoms with van der Waals surface area (Å²) in [7, 11) is 2.22. The fraction of sp³-hybridized carbons (Fsp3) is 0.419. The van der Waals surface area contributed by atoms with Gasteiger partial charge in [-0.05, 0) is 87.3 Å². The lowest BCUT2D eigenvalue weighted by atomic mass is 10.0. The summed E-state index contributed by atoms with van der Waals surface area (Å²) in [5, 5.41) is 3.95. The van der Waals surface area contributed by atoms with Crippen LogP contribution >= 0.6 is 11.5 Å². The van der Waals surface area contributed by atoms with Crippen molar-refractivity contribution < 1.29 is 8.42 Å². The molecule has 0 spiro atoms. The maximum absolute atomic E-state index is 14.0. The molecule has 1 aliphatic heterocycles. The first-order valence-electron chi connectivity index (χ1n) is 14.8. The predicted octanol–water partition coefficient (Wildman–Crippen LogP) is 3.55. The molecule has 1 saturated heterocycles. The van der Waals surface area contributed by atoms with Crippen molar-refractivity contribution in [1.29, 1.82) is 0 Å². The van der Waals surface area contributed by atoms with Crippen molar-refractivity contribution in [3.05, 3.63) is 70.8 Å². The molecule has 2 fully saturated rings. The second kappa shape index (κ2) is 12.4. The molecule has 0 atom stereocenters. The number of fused-ring (bicyclic) bond motifs is 1. The van der Waals surface area contributed by atoms with Crippen LogP contribution in [0.25, 0.3) is 16.6 Å². The third-order valence-corrected chi connectivity index (χ3v) is 11.4. The maximum Gasteiger partial charge on any atom is 0.260 e. The fourth-order valence-corrected chi connectivity index (χ4v) is 8.03. The van der Waals surface area contributed by atoms with Gasteiger partial charge in [0.15, 0.2) is 9.84 Å². The van der Waals surface area contributed by atoms with E-state index in [9.17, 15) is 13.2 Å². The molecule has 4 heterocycles. The van der Waals surface area contributed by atoms with Gasteiger partial charge in [-0.25, -0.2) is 13.4 Å². The molecule has 1 aliphatic carbocycles. The Hall–Kier alpha value is -3.65. The van der Waals surface area contributed by atoms with Crippen molar-refractivity contribution in [1.82, 2.24) is 28.7 Å². The zero-order valence-electron chi connectivity index (χ0n) is 25.4. The van der Waals surface area contributed by atoms with Crippen LogP contribution in [0.15, 0.2) is 58.3 Å². The number of rotatable bonds is 11. The summed E-state index contributed by atoms with van der Waals surface area (Å²) in [6.07, 6.45) is 5.25. The van der Waals surface area contributed by atoms with E-state index in [1.807, 2.05) is 37.2 Å². The normalized spacial score (nSPS) is 16.1. The minimum absolute atomic E-state index is 0.0182. The number of nitrogens with one attached hydrogen (secondary N) is 1. The molecule has 0 radical (unpaired) electrons. The summed E-state index contributed by atoms with van der Waals surface area (Å²) in [6.45, 7) is 8.68. The zero-order chi connectivity index (χ0) is 31.0. The van der Waals surface area contributed by atoms with Crippen molar-refractivity contribution in [3.8, 4) is 0 Å². The van der Waals surface area contributed by atoms with Crippen LogP contribution in [0, 0.1) is 5.92 Å². The van der Waals surface area contributed by atoms with Gasteiger partial charge in [0, 0.05) is 73.0 Å². The lowest BCUT2D eigenvalue weighted by molar-refractivity contribution is 0.313. The smallest absolute Gasteiger partial charge is 0.260 e. The second-order valence-corrected chi connectivity index (χ2v) is 15.1. The van der Waals surface area contributed by atoms with Gasteiger partial charge in [-0.3, -0.25) is 9.36 Å². The Kier molecular flexibility index (Phi) is 8.55. The molecule has 0 bridgehead atoms. The molecule has 0 amide bonds. The summed E-state index contributed by atoms with van der Waals surface area (Å²) in [6, 6.07) is 9.98. The minimum Gasteiger partial charge on any atom is -0.369 e. The summed E-state index contributed by atoms with van der Waals surface area (Å²) >= 11 is 0.940. The van der Waals surface area contributed by atoms with Crippen molar-refractivity contribution >= 4 is 55.3 Å². The number of nitrogens with zero attached hydrogens (tertiary/aromatic N) is 7. The van der Waals surface area contributed by atoms with E-state index in [0.717, 1.165) is 61.8 Å². The van der Waals surface area contributed by atoms with E-state index in [1.54, 1.807) is 6.20 Å². The Morgan fingerprint density at radius 3 is 2.52 bits per heavy atom. The molecule has 1 N–H and O–H groups in total. The van der Waals surface area contributed by atoms with Crippen LogP contribution in [-0.4, -0.2) is 96.7 Å². The summed E-state index contributed by atoms with van der Waals surface area (Å²) in [5.41, 5.74) is 3.95. The molecule has 6 rings (SSSR count). The van der Waals surface area contributed by atoms with Crippen molar-refractivity contribution in [2.75, 3.05) is 69.8 Å². The number of benzene rings is 1. The Balaban J connectivity index is 1.33. The van der Waals surface area contributed by atoms with Crippen LogP contribution in [0.5, 0.6) is 0 Å². The topological polar surface area (TPSA) is 117 Å². The number of anilines is 3. The zero-order valence-corrected chi connectivity index (χ0v) is 27.0. The molecule has 0 unspecified atom stereocenters. The molecule has 44 heavy (non-hydrogen) atoms. The van der Waals surface area contributed by atoms with E-state index in [4.69, 9.17) is 4.98 Å². The third kappa shape index (κ3) is 6.55. The first-order chi connectivity index (χ1) is 21.1. The standard InChI is InChI=1S/C31H38N8O3S2/c1-21(22-5-6-22)27-17-23-18-32-31(34-25-7-9-26(10-8-25)38-13-11-37(4)12-14-38)35-28(23)39(29(27)40)20-24-19-33-43-30(24)44(41,42)16-15-36(2)3/h7-10,17-19,22H,1,5-6,11-16,20H2,2-4H3,(H,32,34,35). The number of allylic oxidation sites excluding steroid dienone is 1. The molecule has 1 saturated carbocycles. The Bertz CT molecular complexity index is 1840. The molecule has 2 aliphatic rings. The van der Waals surface area contributed by atoms with Crippen LogP contribution in [0.3, 0.4) is 0 Å². The van der Waals surface area contributed by atoms with Gasteiger partial charge in [-0.1, -0.05) is 6.58 Å². The van der Waals surface area contributed by atoms with Crippen LogP contribution in [0.1, 0.15) is 24.0 Å². The van der Waals surface area contributed by atoms with Crippen molar-refractivity contribution in [3.63, 3.8) is 0 Å². The van der Waals surface area contributed by atoms with E-state index in [2.05, 4.69) is 50.2 Å². The number of hydrogen-bond donors (Lipinski definition) is 1. The van der Waals surface area contributed by atoms with E-state index in [0.29, 0.717) is 34.7 Å². The lowest BCUT2D eigenvalue weighted by Gasteiger charge is -2.34. The lowest BCUT2D eigenvalue weighted by Crippen LogP contribution is -2.44. The van der Waals surface area contributed by atoms with E-state index in [-0.39, 0.29) is 28.0 Å². The van der Waals surface area contributed by atoms with Gasteiger partial charge in [0.1, 0.15) is 9.86 Å². The highest BCUT2D eigenvalue weighted by Gasteiger charge is 2.29. The number of likely N-dealkylation sites (N-methyl/N-ethyl adjacent to an activating group) is 1. The highest BCUT2D eigenvalue weighted by molar-refractivity contribution is 7.93. The summed E-state index contributed by atoms with van der Waals surface area (Å²) in [5.74, 6) is 0.593. The molecule has 13 heteroatoms. The van der Waals surface area contributed by atoms with Crippen LogP contribution in [0.4, 0.5) is 17.3 Å². The van der Waals surface area contributed by atoms with Gasteiger partial charge in [0.2, 0.25) is 5.95 Å². The van der Waals surface area contributed by atoms with E-state index in [1.165, 1.54) is 16.5 Å². The predicted molar refractivity (Wildman–Crippen MR) is 177 cm³/mol. The van der Waals surface area contributed by atoms with Crippen LogP contribution < -0.4 is 15.8 Å². The number of pyridine rings is 1. The molecule has 3 aromatic heterocycles. The van der Waals surface area contributed by atoms with Gasteiger partial charge >= 0.3 is 0 Å². The maximum atomic E-state index is 14.0. The van der Waals surface area contributed by atoms with Gasteiger partial charge in [0.25, 0.3) is 5.56 Å². The Morgan fingerprint density at radius 1 is 1.11 bits per heavy atom. The van der Waals surface area contributed by atoms with E-state index >= 15 is 0 Å². The second-order valence-electron chi connectivity index (χ2n) is 11.9. The SMILES string of the molecule is C=C(c1cc2cnc(Nc3ccc(N4CCN(C)CC4)cc3)nc2n(Cc2cnsc2S(=O)(=O)CCN(C)C)c1=O)C1CC1. The molecule has 11 nitrogen and oxygen atoms in total. The summed E-state index contributed by atoms with van der Waals surface area (Å²) < 4.78 is 32.4. The van der Waals surface area contributed by atoms with Crippen molar-refractivity contribution in [2.45, 2.75) is 23.6 Å². The van der Waals surface area contributed by atoms with Gasteiger partial charge in [-0.2, -0.15) is 9.36 Å². The first kappa shape index (κ1) is 30.4.